The van der Waals surface area contributed by atoms with E-state index in [9.17, 15) is 0 Å². The minimum Gasteiger partial charge on any atom is -0.493 e. The molecule has 3 heteroatoms. The number of para-hydroxylation sites is 1. The van der Waals surface area contributed by atoms with E-state index in [1.807, 2.05) is 12.1 Å². The number of nitrogens with one attached hydrogen (secondary N) is 1. The molecular formula is C18H25NO2. The van der Waals surface area contributed by atoms with E-state index in [0.717, 1.165) is 40.9 Å². The topological polar surface area (TPSA) is 34.4 Å². The van der Waals surface area contributed by atoms with Gasteiger partial charge in [-0.1, -0.05) is 38.8 Å². The second-order valence-electron chi connectivity index (χ2n) is 6.35. The minimum absolute atomic E-state index is 0.601. The summed E-state index contributed by atoms with van der Waals surface area (Å²) in [5, 5.41) is 4.79. The summed E-state index contributed by atoms with van der Waals surface area (Å²) in [6, 6.07) is 8.72. The number of rotatable bonds is 4. The largest absolute Gasteiger partial charge is 0.493 e. The average Bonchev–Trinajstić information content (AvgIpc) is 2.91. The SMILES string of the molecule is COc1cccc2cc(CNC3CCCC(C)C3C)oc12. The Morgan fingerprint density at radius 2 is 2.14 bits per heavy atom. The van der Waals surface area contributed by atoms with Crippen LogP contribution in [0.25, 0.3) is 11.0 Å². The molecule has 0 aliphatic heterocycles. The van der Waals surface area contributed by atoms with Crippen molar-refractivity contribution in [2.24, 2.45) is 11.8 Å². The summed E-state index contributed by atoms with van der Waals surface area (Å²) >= 11 is 0. The summed E-state index contributed by atoms with van der Waals surface area (Å²) in [7, 11) is 1.68. The van der Waals surface area contributed by atoms with Gasteiger partial charge in [0.05, 0.1) is 13.7 Å². The maximum atomic E-state index is 5.96. The van der Waals surface area contributed by atoms with Crippen LogP contribution in [0.15, 0.2) is 28.7 Å². The van der Waals surface area contributed by atoms with Crippen LogP contribution in [0.4, 0.5) is 0 Å². The molecule has 1 aliphatic rings. The monoisotopic (exact) mass is 287 g/mol. The molecule has 0 amide bonds. The van der Waals surface area contributed by atoms with Gasteiger partial charge < -0.3 is 14.5 Å². The van der Waals surface area contributed by atoms with Crippen LogP contribution < -0.4 is 10.1 Å². The zero-order chi connectivity index (χ0) is 14.8. The van der Waals surface area contributed by atoms with Crippen LogP contribution in [0.1, 0.15) is 38.9 Å². The number of benzene rings is 1. The molecule has 3 nitrogen and oxygen atoms in total. The van der Waals surface area contributed by atoms with Crippen molar-refractivity contribution in [3.63, 3.8) is 0 Å². The molecule has 1 aromatic carbocycles. The van der Waals surface area contributed by atoms with E-state index in [1.54, 1.807) is 7.11 Å². The Kier molecular flexibility index (Phi) is 4.20. The molecule has 1 N–H and O–H groups in total. The molecule has 21 heavy (non-hydrogen) atoms. The van der Waals surface area contributed by atoms with Crippen LogP contribution in [0.2, 0.25) is 0 Å². The molecule has 3 rings (SSSR count). The molecule has 1 heterocycles. The lowest BCUT2D eigenvalue weighted by atomic mass is 9.78. The van der Waals surface area contributed by atoms with Crippen molar-refractivity contribution in [2.45, 2.75) is 45.7 Å². The van der Waals surface area contributed by atoms with Crippen LogP contribution in [0, 0.1) is 11.8 Å². The van der Waals surface area contributed by atoms with E-state index in [2.05, 4.69) is 31.3 Å². The lowest BCUT2D eigenvalue weighted by Crippen LogP contribution is -2.40. The molecule has 1 fully saturated rings. The second kappa shape index (κ2) is 6.10. The van der Waals surface area contributed by atoms with Crippen LogP contribution in [0.5, 0.6) is 5.75 Å². The average molecular weight is 287 g/mol. The first-order valence-electron chi connectivity index (χ1n) is 7.98. The smallest absolute Gasteiger partial charge is 0.176 e. The fourth-order valence-electron chi connectivity index (χ4n) is 3.44. The first-order valence-corrected chi connectivity index (χ1v) is 7.98. The van der Waals surface area contributed by atoms with E-state index in [0.29, 0.717) is 6.04 Å². The van der Waals surface area contributed by atoms with Crippen LogP contribution in [-0.2, 0) is 6.54 Å². The van der Waals surface area contributed by atoms with E-state index in [1.165, 1.54) is 19.3 Å². The van der Waals surface area contributed by atoms with E-state index in [4.69, 9.17) is 9.15 Å². The van der Waals surface area contributed by atoms with Crippen molar-refractivity contribution < 1.29 is 9.15 Å². The number of fused-ring (bicyclic) bond motifs is 1. The molecule has 3 unspecified atom stereocenters. The fourth-order valence-corrected chi connectivity index (χ4v) is 3.44. The molecule has 0 saturated heterocycles. The normalized spacial score (nSPS) is 26.1. The lowest BCUT2D eigenvalue weighted by molar-refractivity contribution is 0.203. The van der Waals surface area contributed by atoms with E-state index in [-0.39, 0.29) is 0 Å². The molecule has 0 bridgehead atoms. The van der Waals surface area contributed by atoms with Crippen molar-refractivity contribution in [1.82, 2.24) is 5.32 Å². The van der Waals surface area contributed by atoms with Crippen LogP contribution >= 0.6 is 0 Å². The first kappa shape index (κ1) is 14.5. The molecule has 2 aromatic rings. The summed E-state index contributed by atoms with van der Waals surface area (Å²) in [4.78, 5) is 0. The zero-order valence-corrected chi connectivity index (χ0v) is 13.2. The number of hydrogen-bond acceptors (Lipinski definition) is 3. The van der Waals surface area contributed by atoms with Gasteiger partial charge in [0.2, 0.25) is 0 Å². The van der Waals surface area contributed by atoms with Crippen molar-refractivity contribution in [3.8, 4) is 5.75 Å². The van der Waals surface area contributed by atoms with Gasteiger partial charge in [-0.05, 0) is 30.4 Å². The zero-order valence-electron chi connectivity index (χ0n) is 13.2. The molecule has 0 spiro atoms. The number of methoxy groups -OCH3 is 1. The predicted octanol–water partition coefficient (Wildman–Crippen LogP) is 4.36. The Labute approximate surface area is 126 Å². The Morgan fingerprint density at radius 3 is 2.95 bits per heavy atom. The Morgan fingerprint density at radius 1 is 1.29 bits per heavy atom. The van der Waals surface area contributed by atoms with Gasteiger partial charge in [-0.2, -0.15) is 0 Å². The van der Waals surface area contributed by atoms with Gasteiger partial charge in [-0.15, -0.1) is 0 Å². The molecule has 1 saturated carbocycles. The van der Waals surface area contributed by atoms with Crippen molar-refractivity contribution in [3.05, 3.63) is 30.0 Å². The summed E-state index contributed by atoms with van der Waals surface area (Å²) in [6.45, 7) is 5.52. The summed E-state index contributed by atoms with van der Waals surface area (Å²) in [6.07, 6.45) is 3.97. The highest BCUT2D eigenvalue weighted by Gasteiger charge is 2.26. The Balaban J connectivity index is 1.70. The standard InChI is InChI=1S/C18H25NO2/c1-12-6-4-8-16(13(12)2)19-11-15-10-14-7-5-9-17(20-3)18(14)21-15/h5,7,9-10,12-13,16,19H,4,6,8,11H2,1-3H3. The van der Waals surface area contributed by atoms with Crippen molar-refractivity contribution in [1.29, 1.82) is 0 Å². The molecule has 3 atom stereocenters. The summed E-state index contributed by atoms with van der Waals surface area (Å²) < 4.78 is 11.3. The van der Waals surface area contributed by atoms with Crippen LogP contribution in [-0.4, -0.2) is 13.2 Å². The maximum Gasteiger partial charge on any atom is 0.176 e. The molecule has 1 aromatic heterocycles. The quantitative estimate of drug-likeness (QED) is 0.907. The highest BCUT2D eigenvalue weighted by Crippen LogP contribution is 2.31. The maximum absolute atomic E-state index is 5.96. The minimum atomic E-state index is 0.601. The fraction of sp³-hybridized carbons (Fsp3) is 0.556. The van der Waals surface area contributed by atoms with Gasteiger partial charge in [-0.25, -0.2) is 0 Å². The number of ether oxygens (including phenoxy) is 1. The van der Waals surface area contributed by atoms with Gasteiger partial charge in [0.15, 0.2) is 11.3 Å². The first-order chi connectivity index (χ1) is 10.2. The Bertz CT molecular complexity index is 604. The number of furan rings is 1. The molecule has 0 radical (unpaired) electrons. The second-order valence-corrected chi connectivity index (χ2v) is 6.35. The van der Waals surface area contributed by atoms with E-state index < -0.39 is 0 Å². The molecule has 114 valence electrons. The van der Waals surface area contributed by atoms with Crippen LogP contribution in [0.3, 0.4) is 0 Å². The van der Waals surface area contributed by atoms with Gasteiger partial charge in [0.1, 0.15) is 5.76 Å². The Hall–Kier alpha value is -1.48. The van der Waals surface area contributed by atoms with Crippen molar-refractivity contribution in [2.75, 3.05) is 7.11 Å². The third kappa shape index (κ3) is 2.93. The highest BCUT2D eigenvalue weighted by molar-refractivity contribution is 5.83. The third-order valence-corrected chi connectivity index (χ3v) is 5.02. The predicted molar refractivity (Wildman–Crippen MR) is 85.6 cm³/mol. The third-order valence-electron chi connectivity index (χ3n) is 5.02. The summed E-state index contributed by atoms with van der Waals surface area (Å²) in [5.74, 6) is 3.34. The van der Waals surface area contributed by atoms with Crippen molar-refractivity contribution >= 4 is 11.0 Å². The van der Waals surface area contributed by atoms with Gasteiger partial charge in [0, 0.05) is 11.4 Å². The molecule has 1 aliphatic carbocycles. The summed E-state index contributed by atoms with van der Waals surface area (Å²) in [5.41, 5.74) is 0.849. The number of hydrogen-bond donors (Lipinski definition) is 1. The highest BCUT2D eigenvalue weighted by atomic mass is 16.5. The lowest BCUT2D eigenvalue weighted by Gasteiger charge is -2.34. The van der Waals surface area contributed by atoms with Gasteiger partial charge >= 0.3 is 0 Å². The van der Waals surface area contributed by atoms with E-state index >= 15 is 0 Å². The van der Waals surface area contributed by atoms with Gasteiger partial charge in [-0.3, -0.25) is 0 Å². The molecular weight excluding hydrogens is 262 g/mol. The van der Waals surface area contributed by atoms with Gasteiger partial charge in [0.25, 0.3) is 0 Å².